The van der Waals surface area contributed by atoms with Crippen molar-refractivity contribution in [2.75, 3.05) is 12.9 Å². The highest BCUT2D eigenvalue weighted by Crippen LogP contribution is 2.27. The minimum absolute atomic E-state index is 0.128. The smallest absolute Gasteiger partial charge is 0.136 e. The van der Waals surface area contributed by atoms with Gasteiger partial charge in [0.15, 0.2) is 0 Å². The van der Waals surface area contributed by atoms with E-state index in [-0.39, 0.29) is 5.92 Å². The van der Waals surface area contributed by atoms with Crippen molar-refractivity contribution >= 4 is 16.6 Å². The monoisotopic (exact) mass is 266 g/mol. The van der Waals surface area contributed by atoms with Crippen molar-refractivity contribution in [1.29, 1.82) is 0 Å². The number of methoxy groups -OCH3 is 1. The summed E-state index contributed by atoms with van der Waals surface area (Å²) >= 11 is 0. The molecule has 2 unspecified atom stereocenters. The summed E-state index contributed by atoms with van der Waals surface area (Å²) in [5.74, 6) is 1.67. The fourth-order valence-electron chi connectivity index (χ4n) is 2.36. The zero-order chi connectivity index (χ0) is 13.0. The normalized spacial score (nSPS) is 20.9. The Labute approximate surface area is 110 Å². The van der Waals surface area contributed by atoms with Gasteiger partial charge in [0.05, 0.1) is 22.8 Å². The average molecular weight is 266 g/mol. The Hall–Kier alpha value is -1.16. The van der Waals surface area contributed by atoms with Crippen LogP contribution in [0.4, 0.5) is 0 Å². The molecule has 1 aromatic rings. The summed E-state index contributed by atoms with van der Waals surface area (Å²) in [7, 11) is 0.497. The van der Waals surface area contributed by atoms with Crippen LogP contribution in [0.2, 0.25) is 0 Å². The number of rotatable bonds is 5. The third kappa shape index (κ3) is 2.99. The topological polar surface area (TPSA) is 43.4 Å². The van der Waals surface area contributed by atoms with E-state index in [1.54, 1.807) is 7.11 Å². The maximum Gasteiger partial charge on any atom is 0.136 e. The van der Waals surface area contributed by atoms with Crippen LogP contribution in [0.3, 0.4) is 0 Å². The second-order valence-electron chi connectivity index (χ2n) is 4.54. The van der Waals surface area contributed by atoms with Crippen molar-refractivity contribution in [3.05, 3.63) is 24.3 Å². The fourth-order valence-corrected chi connectivity index (χ4v) is 3.68. The summed E-state index contributed by atoms with van der Waals surface area (Å²) < 4.78 is 17.4. The first kappa shape index (κ1) is 13.3. The molecule has 2 rings (SSSR count). The summed E-state index contributed by atoms with van der Waals surface area (Å²) in [6.07, 6.45) is 3.38. The molecular weight excluding hydrogens is 248 g/mol. The van der Waals surface area contributed by atoms with E-state index in [4.69, 9.17) is 4.74 Å². The van der Waals surface area contributed by atoms with Gasteiger partial charge in [-0.1, -0.05) is 12.1 Å². The van der Waals surface area contributed by atoms with Crippen molar-refractivity contribution in [3.8, 4) is 5.75 Å². The third-order valence-electron chi connectivity index (χ3n) is 3.40. The molecule has 1 aliphatic carbocycles. The maximum absolute atomic E-state index is 12.2. The number of benzene rings is 1. The molecule has 0 saturated heterocycles. The highest BCUT2D eigenvalue weighted by atomic mass is 32.2. The molecule has 1 saturated carbocycles. The second-order valence-corrected chi connectivity index (χ2v) is 6.08. The van der Waals surface area contributed by atoms with Gasteiger partial charge in [0.1, 0.15) is 11.5 Å². The van der Waals surface area contributed by atoms with Crippen LogP contribution in [0.15, 0.2) is 29.2 Å². The Balaban J connectivity index is 1.97. The molecule has 0 bridgehead atoms. The molecule has 0 radical (unpaired) electrons. The molecule has 0 aromatic heterocycles. The number of carbonyl (C=O) groups is 1. The van der Waals surface area contributed by atoms with E-state index in [0.29, 0.717) is 23.7 Å². The lowest BCUT2D eigenvalue weighted by atomic mass is 10.1. The molecule has 0 heterocycles. The van der Waals surface area contributed by atoms with Crippen molar-refractivity contribution in [2.24, 2.45) is 5.92 Å². The summed E-state index contributed by atoms with van der Waals surface area (Å²) in [5.41, 5.74) is 0. The minimum atomic E-state index is -1.08. The van der Waals surface area contributed by atoms with Crippen LogP contribution in [0.25, 0.3) is 0 Å². The number of Topliss-reactive ketones (excluding diaryl/α,β-unsaturated/α-hetero) is 1. The number of hydrogen-bond donors (Lipinski definition) is 0. The van der Waals surface area contributed by atoms with Gasteiger partial charge in [0.25, 0.3) is 0 Å². The first-order chi connectivity index (χ1) is 8.72. The molecule has 2 atom stereocenters. The zero-order valence-electron chi connectivity index (χ0n) is 10.6. The predicted octanol–water partition coefficient (Wildman–Crippen LogP) is 2.56. The van der Waals surface area contributed by atoms with Crippen molar-refractivity contribution < 1.29 is 13.7 Å². The molecule has 3 nitrogen and oxygen atoms in total. The van der Waals surface area contributed by atoms with Crippen molar-refractivity contribution in [1.82, 2.24) is 0 Å². The standard InChI is InChI=1S/C14H18O3S/c1-17-13-7-2-3-8-14(13)18(16)10-9-11-5-4-6-12(11)15/h2-3,7-8,11H,4-6,9-10H2,1H3. The van der Waals surface area contributed by atoms with Gasteiger partial charge in [-0.3, -0.25) is 9.00 Å². The predicted molar refractivity (Wildman–Crippen MR) is 71.2 cm³/mol. The van der Waals surface area contributed by atoms with E-state index in [1.807, 2.05) is 24.3 Å². The number of carbonyl (C=O) groups excluding carboxylic acids is 1. The van der Waals surface area contributed by atoms with Gasteiger partial charge in [0, 0.05) is 18.1 Å². The summed E-state index contributed by atoms with van der Waals surface area (Å²) in [6, 6.07) is 7.36. The largest absolute Gasteiger partial charge is 0.495 e. The fraction of sp³-hybridized carbons (Fsp3) is 0.500. The quantitative estimate of drug-likeness (QED) is 0.822. The van der Waals surface area contributed by atoms with E-state index in [2.05, 4.69) is 0 Å². The van der Waals surface area contributed by atoms with Gasteiger partial charge < -0.3 is 4.74 Å². The van der Waals surface area contributed by atoms with E-state index >= 15 is 0 Å². The number of hydrogen-bond acceptors (Lipinski definition) is 3. The molecule has 1 fully saturated rings. The number of ketones is 1. The highest BCUT2D eigenvalue weighted by Gasteiger charge is 2.24. The van der Waals surface area contributed by atoms with Crippen LogP contribution in [-0.2, 0) is 15.6 Å². The summed E-state index contributed by atoms with van der Waals surface area (Å²) in [5, 5.41) is 0. The molecule has 1 aliphatic rings. The van der Waals surface area contributed by atoms with Crippen molar-refractivity contribution in [3.63, 3.8) is 0 Å². The molecular formula is C14H18O3S. The molecule has 0 spiro atoms. The molecule has 0 aliphatic heterocycles. The summed E-state index contributed by atoms with van der Waals surface area (Å²) in [4.78, 5) is 12.3. The first-order valence-electron chi connectivity index (χ1n) is 6.26. The SMILES string of the molecule is COc1ccccc1S(=O)CCC1CCCC1=O. The average Bonchev–Trinajstić information content (AvgIpc) is 2.81. The third-order valence-corrected chi connectivity index (χ3v) is 4.83. The van der Waals surface area contributed by atoms with Crippen LogP contribution < -0.4 is 4.74 Å². The van der Waals surface area contributed by atoms with Gasteiger partial charge in [-0.25, -0.2) is 0 Å². The second kappa shape index (κ2) is 6.14. The Kier molecular flexibility index (Phi) is 4.53. The van der Waals surface area contributed by atoms with Gasteiger partial charge in [-0.15, -0.1) is 0 Å². The van der Waals surface area contributed by atoms with Gasteiger partial charge in [-0.05, 0) is 31.4 Å². The van der Waals surface area contributed by atoms with E-state index in [9.17, 15) is 9.00 Å². The lowest BCUT2D eigenvalue weighted by Crippen LogP contribution is -2.11. The highest BCUT2D eigenvalue weighted by molar-refractivity contribution is 7.85. The van der Waals surface area contributed by atoms with E-state index in [1.165, 1.54) is 0 Å². The molecule has 0 N–H and O–H groups in total. The maximum atomic E-state index is 12.2. The molecule has 18 heavy (non-hydrogen) atoms. The Morgan fingerprint density at radius 2 is 2.17 bits per heavy atom. The minimum Gasteiger partial charge on any atom is -0.495 e. The lowest BCUT2D eigenvalue weighted by Gasteiger charge is -2.10. The van der Waals surface area contributed by atoms with Crippen LogP contribution in [-0.4, -0.2) is 22.9 Å². The molecule has 1 aromatic carbocycles. The van der Waals surface area contributed by atoms with Crippen LogP contribution >= 0.6 is 0 Å². The summed E-state index contributed by atoms with van der Waals surface area (Å²) in [6.45, 7) is 0. The van der Waals surface area contributed by atoms with Gasteiger partial charge >= 0.3 is 0 Å². The van der Waals surface area contributed by atoms with Crippen molar-refractivity contribution in [2.45, 2.75) is 30.6 Å². The van der Waals surface area contributed by atoms with Crippen LogP contribution in [0.5, 0.6) is 5.75 Å². The van der Waals surface area contributed by atoms with E-state index in [0.717, 1.165) is 24.2 Å². The van der Waals surface area contributed by atoms with Gasteiger partial charge in [0.2, 0.25) is 0 Å². The van der Waals surface area contributed by atoms with E-state index < -0.39 is 10.8 Å². The number of para-hydroxylation sites is 1. The molecule has 4 heteroatoms. The molecule has 98 valence electrons. The zero-order valence-corrected chi connectivity index (χ0v) is 11.4. The van der Waals surface area contributed by atoms with Crippen LogP contribution in [0.1, 0.15) is 25.7 Å². The Bertz CT molecular complexity index is 456. The van der Waals surface area contributed by atoms with Crippen LogP contribution in [0, 0.1) is 5.92 Å². The molecule has 0 amide bonds. The number of ether oxygens (including phenoxy) is 1. The van der Waals surface area contributed by atoms with Gasteiger partial charge in [-0.2, -0.15) is 0 Å². The Morgan fingerprint density at radius 1 is 1.39 bits per heavy atom. The Morgan fingerprint density at radius 3 is 2.83 bits per heavy atom. The lowest BCUT2D eigenvalue weighted by molar-refractivity contribution is -0.120. The first-order valence-corrected chi connectivity index (χ1v) is 7.58.